The maximum absolute atomic E-state index is 14.5. The first-order valence-corrected chi connectivity index (χ1v) is 22.1. The van der Waals surface area contributed by atoms with Gasteiger partial charge in [-0.05, 0) is 68.5 Å². The van der Waals surface area contributed by atoms with Crippen molar-refractivity contribution in [1.82, 2.24) is 20.0 Å². The van der Waals surface area contributed by atoms with E-state index in [1.807, 2.05) is 51.2 Å². The second-order valence-corrected chi connectivity index (χ2v) is 18.1. The molecule has 1 heterocycles. The number of methoxy groups -OCH3 is 3. The first kappa shape index (κ1) is 51.8. The van der Waals surface area contributed by atoms with Crippen molar-refractivity contribution in [3.8, 4) is 0 Å². The Kier molecular flexibility index (Phi) is 22.3. The molecule has 2 rings (SSSR count). The second kappa shape index (κ2) is 25.4. The lowest BCUT2D eigenvalue weighted by molar-refractivity contribution is -0.150. The number of carbonyl (C=O) groups excluding carboxylic acids is 5. The molecule has 9 atom stereocenters. The van der Waals surface area contributed by atoms with Gasteiger partial charge in [0.1, 0.15) is 6.04 Å². The fourth-order valence-corrected chi connectivity index (χ4v) is 9.02. The fraction of sp³-hybridized carbons (Fsp3) is 0.766. The summed E-state index contributed by atoms with van der Waals surface area (Å²) >= 11 is 0. The van der Waals surface area contributed by atoms with E-state index in [0.717, 1.165) is 37.8 Å². The number of amides is 3. The van der Waals surface area contributed by atoms with Crippen LogP contribution in [0.5, 0.6) is 0 Å². The van der Waals surface area contributed by atoms with Gasteiger partial charge in [-0.15, -0.1) is 0 Å². The van der Waals surface area contributed by atoms with Crippen LogP contribution in [0.15, 0.2) is 30.3 Å². The molecule has 0 spiro atoms. The predicted molar refractivity (Wildman–Crippen MR) is 233 cm³/mol. The van der Waals surface area contributed by atoms with Gasteiger partial charge in [-0.25, -0.2) is 4.79 Å². The summed E-state index contributed by atoms with van der Waals surface area (Å²) in [4.78, 5) is 75.0. The Morgan fingerprint density at radius 2 is 1.53 bits per heavy atom. The highest BCUT2D eigenvalue weighted by atomic mass is 16.5. The molecule has 1 saturated heterocycles. The molecule has 3 amide bonds. The van der Waals surface area contributed by atoms with Crippen molar-refractivity contribution in [1.29, 1.82) is 0 Å². The molecule has 59 heavy (non-hydrogen) atoms. The molecule has 0 saturated carbocycles. The number of Topliss-reactive ketones (excluding diaryl/α,β-unsaturated/α-hetero) is 1. The molecule has 1 aromatic carbocycles. The van der Waals surface area contributed by atoms with Gasteiger partial charge in [-0.1, -0.05) is 99.1 Å². The smallest absolute Gasteiger partial charge is 0.328 e. The van der Waals surface area contributed by atoms with Gasteiger partial charge in [0, 0.05) is 46.6 Å². The highest BCUT2D eigenvalue weighted by Crippen LogP contribution is 2.31. The third-order valence-corrected chi connectivity index (χ3v) is 12.6. The standard InChI is InChI=1S/C47H80N4O8/c1-15-33(8)43(50(11)46(55)36(31(4)5)28-39(52)42(32(6)7)49(10)25-19-21-30(2)3)40(57-12)29-41(53)51-26-20-24-38(51)44(58-13)34(9)45(54)48-37(47(56)59-14)27-35-22-17-16-18-23-35/h16-18,22-23,30-34,36-38,40,42-44H,15,19-21,24-29H2,1-14H3,(H,48,54)/t33-,34+,36-,37-,38-,40+,42-,43-,44+/m0/s1. The summed E-state index contributed by atoms with van der Waals surface area (Å²) in [7, 11) is 8.22. The minimum Gasteiger partial charge on any atom is -0.467 e. The highest BCUT2D eigenvalue weighted by Gasteiger charge is 2.43. The van der Waals surface area contributed by atoms with Gasteiger partial charge in [-0.2, -0.15) is 0 Å². The molecule has 1 fully saturated rings. The Morgan fingerprint density at radius 1 is 0.881 bits per heavy atom. The number of benzene rings is 1. The minimum absolute atomic E-state index is 0.0100. The van der Waals surface area contributed by atoms with Crippen molar-refractivity contribution in [2.75, 3.05) is 48.5 Å². The van der Waals surface area contributed by atoms with Crippen molar-refractivity contribution < 1.29 is 38.2 Å². The molecule has 0 radical (unpaired) electrons. The maximum atomic E-state index is 14.5. The van der Waals surface area contributed by atoms with E-state index in [1.165, 1.54) is 7.11 Å². The zero-order valence-corrected chi connectivity index (χ0v) is 39.0. The van der Waals surface area contributed by atoms with Crippen LogP contribution in [0, 0.1) is 35.5 Å². The van der Waals surface area contributed by atoms with Crippen LogP contribution in [0.25, 0.3) is 0 Å². The maximum Gasteiger partial charge on any atom is 0.328 e. The van der Waals surface area contributed by atoms with E-state index in [1.54, 1.807) is 38.0 Å². The first-order chi connectivity index (χ1) is 27.8. The second-order valence-electron chi connectivity index (χ2n) is 18.1. The van der Waals surface area contributed by atoms with Crippen LogP contribution in [-0.2, 0) is 44.6 Å². The van der Waals surface area contributed by atoms with Crippen LogP contribution in [0.3, 0.4) is 0 Å². The lowest BCUT2D eigenvalue weighted by Crippen LogP contribution is -2.55. The third-order valence-electron chi connectivity index (χ3n) is 12.6. The van der Waals surface area contributed by atoms with E-state index in [9.17, 15) is 24.0 Å². The topological polar surface area (TPSA) is 135 Å². The SMILES string of the molecule is CC[C@H](C)[C@@H]([C@@H](CC(=O)N1CCC[C@H]1[C@H](OC)[C@@H](C)C(=O)N[C@@H](Cc1ccccc1)C(=O)OC)OC)N(C)C(=O)[C@@H](CC(=O)[C@H](C(C)C)N(C)CCCC(C)C)C(C)C. The Bertz CT molecular complexity index is 1450. The third kappa shape index (κ3) is 15.0. The largest absolute Gasteiger partial charge is 0.467 e. The molecule has 0 aromatic heterocycles. The van der Waals surface area contributed by atoms with Gasteiger partial charge in [0.25, 0.3) is 0 Å². The molecular weight excluding hydrogens is 749 g/mol. The van der Waals surface area contributed by atoms with Gasteiger partial charge in [0.2, 0.25) is 17.7 Å². The van der Waals surface area contributed by atoms with E-state index in [4.69, 9.17) is 14.2 Å². The zero-order chi connectivity index (χ0) is 44.6. The molecule has 336 valence electrons. The fourth-order valence-electron chi connectivity index (χ4n) is 9.02. The minimum atomic E-state index is -0.887. The molecule has 12 nitrogen and oxygen atoms in total. The van der Waals surface area contributed by atoms with Crippen LogP contribution in [-0.4, -0.2) is 129 Å². The van der Waals surface area contributed by atoms with E-state index in [-0.39, 0.29) is 72.6 Å². The Balaban J connectivity index is 2.28. The zero-order valence-electron chi connectivity index (χ0n) is 39.0. The number of esters is 1. The molecule has 1 aromatic rings. The number of likely N-dealkylation sites (tertiary alicyclic amines) is 1. The number of hydrogen-bond acceptors (Lipinski definition) is 9. The van der Waals surface area contributed by atoms with Crippen LogP contribution in [0.4, 0.5) is 0 Å². The van der Waals surface area contributed by atoms with Gasteiger partial charge < -0.3 is 29.3 Å². The van der Waals surface area contributed by atoms with Crippen LogP contribution in [0.1, 0.15) is 113 Å². The number of hydrogen-bond donors (Lipinski definition) is 1. The van der Waals surface area contributed by atoms with Crippen molar-refractivity contribution in [2.24, 2.45) is 35.5 Å². The average Bonchev–Trinajstić information content (AvgIpc) is 3.68. The molecule has 1 aliphatic rings. The molecule has 1 N–H and O–H groups in total. The highest BCUT2D eigenvalue weighted by molar-refractivity contribution is 5.90. The lowest BCUT2D eigenvalue weighted by Gasteiger charge is -2.41. The molecule has 12 heteroatoms. The van der Waals surface area contributed by atoms with E-state index in [0.29, 0.717) is 18.9 Å². The summed E-state index contributed by atoms with van der Waals surface area (Å²) in [5.74, 6) is -1.70. The number of likely N-dealkylation sites (N-methyl/N-ethyl adjacent to an activating group) is 2. The number of carbonyl (C=O) groups is 5. The van der Waals surface area contributed by atoms with Crippen molar-refractivity contribution in [2.45, 2.75) is 150 Å². The summed E-state index contributed by atoms with van der Waals surface area (Å²) in [6.07, 6.45) is 3.43. The summed E-state index contributed by atoms with van der Waals surface area (Å²) in [6, 6.07) is 7.43. The number of ether oxygens (including phenoxy) is 3. The van der Waals surface area contributed by atoms with Crippen molar-refractivity contribution >= 4 is 29.5 Å². The summed E-state index contributed by atoms with van der Waals surface area (Å²) in [5.41, 5.74) is 0.881. The number of ketones is 1. The van der Waals surface area contributed by atoms with Crippen LogP contribution < -0.4 is 5.32 Å². The molecule has 0 aliphatic carbocycles. The van der Waals surface area contributed by atoms with Crippen molar-refractivity contribution in [3.05, 3.63) is 35.9 Å². The van der Waals surface area contributed by atoms with Gasteiger partial charge in [-0.3, -0.25) is 24.1 Å². The number of rotatable bonds is 26. The lowest BCUT2D eigenvalue weighted by atomic mass is 9.83. The Hall–Kier alpha value is -3.35. The van der Waals surface area contributed by atoms with Gasteiger partial charge in [0.15, 0.2) is 5.78 Å². The monoisotopic (exact) mass is 829 g/mol. The molecule has 0 bridgehead atoms. The molecule has 1 aliphatic heterocycles. The first-order valence-electron chi connectivity index (χ1n) is 22.1. The number of nitrogens with zero attached hydrogens (tertiary/aromatic N) is 3. The summed E-state index contributed by atoms with van der Waals surface area (Å²) in [6.45, 7) is 19.8. The number of nitrogens with one attached hydrogen (secondary N) is 1. The predicted octanol–water partition coefficient (Wildman–Crippen LogP) is 6.43. The van der Waals surface area contributed by atoms with Crippen molar-refractivity contribution in [3.63, 3.8) is 0 Å². The quantitative estimate of drug-likeness (QED) is 0.105. The van der Waals surface area contributed by atoms with Gasteiger partial charge in [0.05, 0.1) is 49.8 Å². The van der Waals surface area contributed by atoms with Crippen LogP contribution >= 0.6 is 0 Å². The van der Waals surface area contributed by atoms with E-state index < -0.39 is 42.1 Å². The average molecular weight is 829 g/mol. The van der Waals surface area contributed by atoms with E-state index in [2.05, 4.69) is 51.8 Å². The summed E-state index contributed by atoms with van der Waals surface area (Å²) in [5, 5.41) is 2.88. The molecule has 0 unspecified atom stereocenters. The summed E-state index contributed by atoms with van der Waals surface area (Å²) < 4.78 is 17.1. The Morgan fingerprint density at radius 3 is 2.05 bits per heavy atom. The van der Waals surface area contributed by atoms with Gasteiger partial charge >= 0.3 is 5.97 Å². The van der Waals surface area contributed by atoms with E-state index >= 15 is 0 Å². The van der Waals surface area contributed by atoms with Crippen LogP contribution in [0.2, 0.25) is 0 Å². The molecular formula is C47H80N4O8. The Labute approximate surface area is 356 Å². The normalized spacial score (nSPS) is 18.6.